The molecule has 0 radical (unpaired) electrons. The quantitative estimate of drug-likeness (QED) is 0.372. The first-order chi connectivity index (χ1) is 9.17. The summed E-state index contributed by atoms with van der Waals surface area (Å²) >= 11 is 0. The number of hydrogen-bond acceptors (Lipinski definition) is 3. The van der Waals surface area contributed by atoms with E-state index in [0.29, 0.717) is 6.04 Å². The maximum atomic E-state index is 5.05. The summed E-state index contributed by atoms with van der Waals surface area (Å²) in [5, 5.41) is 6.77. The smallest absolute Gasteiger partial charge is 0.191 e. The van der Waals surface area contributed by atoms with Crippen molar-refractivity contribution in [1.29, 1.82) is 0 Å². The van der Waals surface area contributed by atoms with Crippen LogP contribution in [0.3, 0.4) is 0 Å². The van der Waals surface area contributed by atoms with Crippen molar-refractivity contribution in [2.45, 2.75) is 32.7 Å². The Labute approximate surface area is 117 Å². The molecule has 0 saturated heterocycles. The lowest BCUT2D eigenvalue weighted by Crippen LogP contribution is -2.39. The zero-order chi connectivity index (χ0) is 14.1. The largest absolute Gasteiger partial charge is 0.385 e. The number of nitrogens with zero attached hydrogens (tertiary/aromatic N) is 2. The van der Waals surface area contributed by atoms with E-state index in [1.807, 2.05) is 0 Å². The molecular formula is C14H30N4O. The van der Waals surface area contributed by atoms with Gasteiger partial charge < -0.3 is 20.3 Å². The van der Waals surface area contributed by atoms with Gasteiger partial charge >= 0.3 is 0 Å². The summed E-state index contributed by atoms with van der Waals surface area (Å²) in [6, 6.07) is 0.622. The fourth-order valence-corrected chi connectivity index (χ4v) is 1.94. The van der Waals surface area contributed by atoms with Crippen LogP contribution in [0.2, 0.25) is 0 Å². The van der Waals surface area contributed by atoms with Crippen LogP contribution in [0.15, 0.2) is 4.99 Å². The summed E-state index contributed by atoms with van der Waals surface area (Å²) in [5.41, 5.74) is 0. The lowest BCUT2D eigenvalue weighted by atomic mass is 10.4. The van der Waals surface area contributed by atoms with Gasteiger partial charge in [0.15, 0.2) is 5.96 Å². The molecule has 1 fully saturated rings. The standard InChI is InChI=1S/C14H30N4O/c1-5-15-14(17-13-11-12(13)2)16-7-9-18(3)8-6-10-19-4/h12-13H,5-11H2,1-4H3,(H2,15,16,17). The number of likely N-dealkylation sites (N-methyl/N-ethyl adjacent to an activating group) is 1. The first kappa shape index (κ1) is 16.2. The van der Waals surface area contributed by atoms with Crippen molar-refractivity contribution in [2.75, 3.05) is 46.9 Å². The molecule has 0 heterocycles. The molecular weight excluding hydrogens is 240 g/mol. The summed E-state index contributed by atoms with van der Waals surface area (Å²) in [5.74, 6) is 1.75. The molecule has 5 heteroatoms. The summed E-state index contributed by atoms with van der Waals surface area (Å²) < 4.78 is 5.05. The van der Waals surface area contributed by atoms with E-state index in [9.17, 15) is 0 Å². The molecule has 0 aromatic carbocycles. The van der Waals surface area contributed by atoms with Gasteiger partial charge in [0.1, 0.15) is 0 Å². The van der Waals surface area contributed by atoms with Crippen molar-refractivity contribution in [3.8, 4) is 0 Å². The van der Waals surface area contributed by atoms with Gasteiger partial charge in [0.2, 0.25) is 0 Å². The van der Waals surface area contributed by atoms with E-state index in [1.54, 1.807) is 7.11 Å². The fraction of sp³-hybridized carbons (Fsp3) is 0.929. The van der Waals surface area contributed by atoms with Crippen LogP contribution in [-0.2, 0) is 4.74 Å². The van der Waals surface area contributed by atoms with Gasteiger partial charge in [0, 0.05) is 39.4 Å². The highest BCUT2D eigenvalue weighted by molar-refractivity contribution is 5.80. The first-order valence-electron chi connectivity index (χ1n) is 7.39. The van der Waals surface area contributed by atoms with Crippen molar-refractivity contribution >= 4 is 5.96 Å². The van der Waals surface area contributed by atoms with Crippen LogP contribution in [0.5, 0.6) is 0 Å². The van der Waals surface area contributed by atoms with Crippen LogP contribution in [0.25, 0.3) is 0 Å². The highest BCUT2D eigenvalue weighted by Gasteiger charge is 2.33. The average molecular weight is 270 g/mol. The third-order valence-corrected chi connectivity index (χ3v) is 3.42. The molecule has 19 heavy (non-hydrogen) atoms. The minimum atomic E-state index is 0.622. The zero-order valence-corrected chi connectivity index (χ0v) is 12.9. The Bertz CT molecular complexity index is 270. The van der Waals surface area contributed by atoms with Crippen LogP contribution in [0.1, 0.15) is 26.7 Å². The van der Waals surface area contributed by atoms with Crippen LogP contribution < -0.4 is 10.6 Å². The van der Waals surface area contributed by atoms with Crippen LogP contribution >= 0.6 is 0 Å². The number of guanidine groups is 1. The van der Waals surface area contributed by atoms with E-state index in [1.165, 1.54) is 6.42 Å². The maximum Gasteiger partial charge on any atom is 0.191 e. The van der Waals surface area contributed by atoms with Gasteiger partial charge in [-0.15, -0.1) is 0 Å². The van der Waals surface area contributed by atoms with Crippen molar-refractivity contribution in [2.24, 2.45) is 10.9 Å². The van der Waals surface area contributed by atoms with Gasteiger partial charge in [-0.2, -0.15) is 0 Å². The molecule has 0 aliphatic heterocycles. The second-order valence-corrected chi connectivity index (χ2v) is 5.37. The summed E-state index contributed by atoms with van der Waals surface area (Å²) in [7, 11) is 3.88. The molecule has 2 unspecified atom stereocenters. The molecule has 112 valence electrons. The molecule has 0 bridgehead atoms. The third-order valence-electron chi connectivity index (χ3n) is 3.42. The number of rotatable bonds is 9. The SMILES string of the molecule is CCNC(=NCCN(C)CCCOC)NC1CC1C. The lowest BCUT2D eigenvalue weighted by Gasteiger charge is -2.16. The number of methoxy groups -OCH3 is 1. The van der Waals surface area contributed by atoms with Crippen LogP contribution in [-0.4, -0.2) is 63.8 Å². The van der Waals surface area contributed by atoms with Crippen molar-refractivity contribution in [3.63, 3.8) is 0 Å². The average Bonchev–Trinajstić information content (AvgIpc) is 3.05. The minimum absolute atomic E-state index is 0.622. The van der Waals surface area contributed by atoms with Crippen LogP contribution in [0.4, 0.5) is 0 Å². The van der Waals surface area contributed by atoms with Gasteiger partial charge in [-0.05, 0) is 32.7 Å². The molecule has 1 rings (SSSR count). The van der Waals surface area contributed by atoms with E-state index in [0.717, 1.165) is 51.1 Å². The topological polar surface area (TPSA) is 48.9 Å². The van der Waals surface area contributed by atoms with E-state index in [2.05, 4.69) is 41.4 Å². The van der Waals surface area contributed by atoms with E-state index in [4.69, 9.17) is 4.74 Å². The molecule has 2 N–H and O–H groups in total. The van der Waals surface area contributed by atoms with Crippen molar-refractivity contribution in [1.82, 2.24) is 15.5 Å². The molecule has 5 nitrogen and oxygen atoms in total. The summed E-state index contributed by atoms with van der Waals surface area (Å²) in [6.45, 7) is 9.00. The normalized spacial score (nSPS) is 22.7. The Kier molecular flexibility index (Phi) is 7.82. The lowest BCUT2D eigenvalue weighted by molar-refractivity contribution is 0.180. The second-order valence-electron chi connectivity index (χ2n) is 5.37. The Balaban J connectivity index is 2.18. The van der Waals surface area contributed by atoms with Gasteiger partial charge in [0.25, 0.3) is 0 Å². The molecule has 0 aromatic rings. The number of nitrogens with one attached hydrogen (secondary N) is 2. The summed E-state index contributed by atoms with van der Waals surface area (Å²) in [6.07, 6.45) is 2.34. The van der Waals surface area contributed by atoms with Gasteiger partial charge in [-0.1, -0.05) is 6.92 Å². The van der Waals surface area contributed by atoms with Gasteiger partial charge in [0.05, 0.1) is 6.54 Å². The highest BCUT2D eigenvalue weighted by Crippen LogP contribution is 2.28. The van der Waals surface area contributed by atoms with E-state index < -0.39 is 0 Å². The van der Waals surface area contributed by atoms with Crippen molar-refractivity contribution in [3.05, 3.63) is 0 Å². The van der Waals surface area contributed by atoms with E-state index in [-0.39, 0.29) is 0 Å². The minimum Gasteiger partial charge on any atom is -0.385 e. The number of ether oxygens (including phenoxy) is 1. The molecule has 0 amide bonds. The third kappa shape index (κ3) is 7.38. The Hall–Kier alpha value is -0.810. The first-order valence-corrected chi connectivity index (χ1v) is 7.39. The van der Waals surface area contributed by atoms with Crippen LogP contribution in [0, 0.1) is 5.92 Å². The van der Waals surface area contributed by atoms with E-state index >= 15 is 0 Å². The van der Waals surface area contributed by atoms with Gasteiger partial charge in [-0.25, -0.2) is 0 Å². The number of aliphatic imine (C=N–C) groups is 1. The fourth-order valence-electron chi connectivity index (χ4n) is 1.94. The summed E-state index contributed by atoms with van der Waals surface area (Å²) in [4.78, 5) is 6.92. The molecule has 2 atom stereocenters. The van der Waals surface area contributed by atoms with Gasteiger partial charge in [-0.3, -0.25) is 4.99 Å². The Morgan fingerprint density at radius 2 is 2.16 bits per heavy atom. The molecule has 0 aromatic heterocycles. The molecule has 1 aliphatic carbocycles. The predicted molar refractivity (Wildman–Crippen MR) is 80.7 cm³/mol. The Morgan fingerprint density at radius 1 is 1.42 bits per heavy atom. The van der Waals surface area contributed by atoms with Crippen molar-refractivity contribution < 1.29 is 4.74 Å². The molecule has 1 aliphatic rings. The number of hydrogen-bond donors (Lipinski definition) is 2. The maximum absolute atomic E-state index is 5.05. The molecule has 0 spiro atoms. The second kappa shape index (κ2) is 9.15. The highest BCUT2D eigenvalue weighted by atomic mass is 16.5. The predicted octanol–water partition coefficient (Wildman–Crippen LogP) is 0.918. The monoisotopic (exact) mass is 270 g/mol. The Morgan fingerprint density at radius 3 is 2.74 bits per heavy atom. The molecule has 1 saturated carbocycles. The zero-order valence-electron chi connectivity index (χ0n) is 12.9.